The van der Waals surface area contributed by atoms with E-state index < -0.39 is 0 Å². The molecule has 2 aromatic rings. The van der Waals surface area contributed by atoms with Crippen molar-refractivity contribution < 1.29 is 13.9 Å². The summed E-state index contributed by atoms with van der Waals surface area (Å²) in [4.78, 5) is 4.18. The predicted molar refractivity (Wildman–Crippen MR) is 78.3 cm³/mol. The molecule has 0 bridgehead atoms. The fraction of sp³-hybridized carbons (Fsp3) is 0.267. The molecule has 1 aliphatic rings. The number of guanidine groups is 1. The minimum Gasteiger partial charge on any atom is -0.472 e. The fourth-order valence-electron chi connectivity index (χ4n) is 2.04. The summed E-state index contributed by atoms with van der Waals surface area (Å²) in [5.74, 6) is 2.31. The van der Waals surface area contributed by atoms with Gasteiger partial charge in [-0.2, -0.15) is 0 Å². The number of aliphatic imine (C=N–C) groups is 1. The van der Waals surface area contributed by atoms with Crippen molar-refractivity contribution in [2.75, 3.05) is 13.8 Å². The van der Waals surface area contributed by atoms with Crippen LogP contribution >= 0.6 is 0 Å². The Kier molecular flexibility index (Phi) is 3.95. The zero-order chi connectivity index (χ0) is 14.5. The SMILES string of the molecule is CN=C(NCc1ccoc1)NCc1ccc2c(c1)OCO2. The number of nitrogens with one attached hydrogen (secondary N) is 2. The molecule has 2 N–H and O–H groups in total. The third-order valence-electron chi connectivity index (χ3n) is 3.16. The summed E-state index contributed by atoms with van der Waals surface area (Å²) in [5, 5.41) is 6.47. The molecule has 0 unspecified atom stereocenters. The molecule has 0 spiro atoms. The van der Waals surface area contributed by atoms with Crippen LogP contribution in [-0.4, -0.2) is 19.8 Å². The van der Waals surface area contributed by atoms with Gasteiger partial charge in [0.25, 0.3) is 0 Å². The zero-order valence-electron chi connectivity index (χ0n) is 11.8. The van der Waals surface area contributed by atoms with Gasteiger partial charge in [0.05, 0.1) is 12.5 Å². The maximum absolute atomic E-state index is 5.36. The van der Waals surface area contributed by atoms with Crippen LogP contribution in [0.4, 0.5) is 0 Å². The Hall–Kier alpha value is -2.63. The van der Waals surface area contributed by atoms with Crippen molar-refractivity contribution in [3.05, 3.63) is 47.9 Å². The molecule has 0 fully saturated rings. The van der Waals surface area contributed by atoms with E-state index in [0.717, 1.165) is 28.6 Å². The molecule has 6 nitrogen and oxygen atoms in total. The van der Waals surface area contributed by atoms with Crippen LogP contribution in [0.25, 0.3) is 0 Å². The highest BCUT2D eigenvalue weighted by Crippen LogP contribution is 2.32. The van der Waals surface area contributed by atoms with E-state index in [9.17, 15) is 0 Å². The summed E-state index contributed by atoms with van der Waals surface area (Å²) in [6.07, 6.45) is 3.36. The van der Waals surface area contributed by atoms with E-state index in [0.29, 0.717) is 19.9 Å². The number of hydrogen-bond donors (Lipinski definition) is 2. The first-order valence-corrected chi connectivity index (χ1v) is 6.69. The highest BCUT2D eigenvalue weighted by Gasteiger charge is 2.13. The molecule has 1 aromatic heterocycles. The van der Waals surface area contributed by atoms with Crippen LogP contribution in [0.3, 0.4) is 0 Å². The second-order valence-electron chi connectivity index (χ2n) is 4.60. The maximum Gasteiger partial charge on any atom is 0.231 e. The lowest BCUT2D eigenvalue weighted by Crippen LogP contribution is -2.36. The van der Waals surface area contributed by atoms with Crippen LogP contribution < -0.4 is 20.1 Å². The lowest BCUT2D eigenvalue weighted by molar-refractivity contribution is 0.174. The second kappa shape index (κ2) is 6.21. The van der Waals surface area contributed by atoms with E-state index in [1.165, 1.54) is 0 Å². The van der Waals surface area contributed by atoms with Crippen molar-refractivity contribution in [1.29, 1.82) is 0 Å². The zero-order valence-corrected chi connectivity index (χ0v) is 11.8. The van der Waals surface area contributed by atoms with Crippen molar-refractivity contribution in [2.45, 2.75) is 13.1 Å². The van der Waals surface area contributed by atoms with Crippen LogP contribution in [-0.2, 0) is 13.1 Å². The summed E-state index contributed by atoms with van der Waals surface area (Å²) in [6, 6.07) is 7.81. The number of hydrogen-bond acceptors (Lipinski definition) is 4. The Morgan fingerprint density at radius 1 is 1.10 bits per heavy atom. The van der Waals surface area contributed by atoms with Gasteiger partial charge in [-0.1, -0.05) is 6.07 Å². The minimum atomic E-state index is 0.292. The molecule has 0 radical (unpaired) electrons. The van der Waals surface area contributed by atoms with Crippen LogP contribution in [0.2, 0.25) is 0 Å². The van der Waals surface area contributed by atoms with Gasteiger partial charge < -0.3 is 24.5 Å². The minimum absolute atomic E-state index is 0.292. The van der Waals surface area contributed by atoms with E-state index in [1.54, 1.807) is 19.6 Å². The van der Waals surface area contributed by atoms with Crippen molar-refractivity contribution in [2.24, 2.45) is 4.99 Å². The summed E-state index contributed by atoms with van der Waals surface area (Å²) < 4.78 is 15.7. The number of nitrogens with zero attached hydrogens (tertiary/aromatic N) is 1. The molecular formula is C15H17N3O3. The Morgan fingerprint density at radius 2 is 1.90 bits per heavy atom. The lowest BCUT2D eigenvalue weighted by Gasteiger charge is -2.11. The fourth-order valence-corrected chi connectivity index (χ4v) is 2.04. The molecule has 110 valence electrons. The van der Waals surface area contributed by atoms with Gasteiger partial charge in [0.15, 0.2) is 17.5 Å². The molecule has 0 saturated carbocycles. The van der Waals surface area contributed by atoms with Crippen LogP contribution in [0.1, 0.15) is 11.1 Å². The van der Waals surface area contributed by atoms with Gasteiger partial charge in [0, 0.05) is 25.7 Å². The molecule has 0 saturated heterocycles. The van der Waals surface area contributed by atoms with Crippen LogP contribution in [0, 0.1) is 0 Å². The first-order valence-electron chi connectivity index (χ1n) is 6.69. The molecule has 0 atom stereocenters. The van der Waals surface area contributed by atoms with Gasteiger partial charge in [-0.05, 0) is 23.8 Å². The third kappa shape index (κ3) is 3.28. The molecule has 0 aliphatic carbocycles. The summed E-state index contributed by atoms with van der Waals surface area (Å²) in [6.45, 7) is 1.61. The van der Waals surface area contributed by atoms with Crippen LogP contribution in [0.15, 0.2) is 46.2 Å². The number of rotatable bonds is 4. The van der Waals surface area contributed by atoms with Crippen molar-refractivity contribution in [3.8, 4) is 11.5 Å². The molecule has 0 amide bonds. The number of ether oxygens (including phenoxy) is 2. The van der Waals surface area contributed by atoms with E-state index >= 15 is 0 Å². The average molecular weight is 287 g/mol. The first-order chi connectivity index (χ1) is 10.3. The molecular weight excluding hydrogens is 270 g/mol. The van der Waals surface area contributed by atoms with Gasteiger partial charge in [0.1, 0.15) is 0 Å². The Labute approximate surface area is 122 Å². The molecule has 1 aromatic carbocycles. The summed E-state index contributed by atoms with van der Waals surface area (Å²) >= 11 is 0. The standard InChI is InChI=1S/C15H17N3O3/c1-16-15(18-8-12-4-5-19-9-12)17-7-11-2-3-13-14(6-11)21-10-20-13/h2-6,9H,7-8,10H2,1H3,(H2,16,17,18). The van der Waals surface area contributed by atoms with E-state index in [2.05, 4.69) is 15.6 Å². The lowest BCUT2D eigenvalue weighted by atomic mass is 10.2. The van der Waals surface area contributed by atoms with E-state index in [-0.39, 0.29) is 0 Å². The Bertz CT molecular complexity index is 623. The number of fused-ring (bicyclic) bond motifs is 1. The predicted octanol–water partition coefficient (Wildman–Crippen LogP) is 1.87. The van der Waals surface area contributed by atoms with Crippen molar-refractivity contribution in [3.63, 3.8) is 0 Å². The average Bonchev–Trinajstić information content (AvgIpc) is 3.18. The normalized spacial score (nSPS) is 13.3. The van der Waals surface area contributed by atoms with Gasteiger partial charge in [0.2, 0.25) is 6.79 Å². The highest BCUT2D eigenvalue weighted by atomic mass is 16.7. The molecule has 2 heterocycles. The van der Waals surface area contributed by atoms with Crippen molar-refractivity contribution >= 4 is 5.96 Å². The monoisotopic (exact) mass is 287 g/mol. The van der Waals surface area contributed by atoms with Gasteiger partial charge in [-0.3, -0.25) is 4.99 Å². The smallest absolute Gasteiger partial charge is 0.231 e. The number of benzene rings is 1. The maximum atomic E-state index is 5.36. The van der Waals surface area contributed by atoms with Gasteiger partial charge in [-0.25, -0.2) is 0 Å². The quantitative estimate of drug-likeness (QED) is 0.664. The largest absolute Gasteiger partial charge is 0.472 e. The molecule has 6 heteroatoms. The topological polar surface area (TPSA) is 68.0 Å². The Balaban J connectivity index is 1.53. The van der Waals surface area contributed by atoms with Gasteiger partial charge >= 0.3 is 0 Å². The van der Waals surface area contributed by atoms with Crippen LogP contribution in [0.5, 0.6) is 11.5 Å². The summed E-state index contributed by atoms with van der Waals surface area (Å²) in [5.41, 5.74) is 2.17. The Morgan fingerprint density at radius 3 is 2.67 bits per heavy atom. The van der Waals surface area contributed by atoms with Gasteiger partial charge in [-0.15, -0.1) is 0 Å². The number of furan rings is 1. The third-order valence-corrected chi connectivity index (χ3v) is 3.16. The van der Waals surface area contributed by atoms with E-state index in [4.69, 9.17) is 13.9 Å². The molecule has 21 heavy (non-hydrogen) atoms. The highest BCUT2D eigenvalue weighted by molar-refractivity contribution is 5.79. The van der Waals surface area contributed by atoms with E-state index in [1.807, 2.05) is 24.3 Å². The van der Waals surface area contributed by atoms with Crippen molar-refractivity contribution in [1.82, 2.24) is 10.6 Å². The summed E-state index contributed by atoms with van der Waals surface area (Å²) in [7, 11) is 1.74. The first kappa shape index (κ1) is 13.4. The second-order valence-corrected chi connectivity index (χ2v) is 4.60. The molecule has 1 aliphatic heterocycles. The molecule has 3 rings (SSSR count).